The van der Waals surface area contributed by atoms with Crippen LogP contribution in [0.25, 0.3) is 10.9 Å². The molecule has 1 aromatic heterocycles. The molecule has 2 N–H and O–H groups in total. The van der Waals surface area contributed by atoms with E-state index in [9.17, 15) is 4.79 Å². The van der Waals surface area contributed by atoms with Crippen molar-refractivity contribution in [1.29, 1.82) is 0 Å². The lowest BCUT2D eigenvalue weighted by Crippen LogP contribution is -2.25. The van der Waals surface area contributed by atoms with Gasteiger partial charge in [-0.25, -0.2) is 0 Å². The summed E-state index contributed by atoms with van der Waals surface area (Å²) in [6, 6.07) is 26.9. The lowest BCUT2D eigenvalue weighted by Gasteiger charge is -2.29. The molecular weight excluding hydrogens is 370 g/mol. The number of nitrogens with zero attached hydrogens (tertiary/aromatic N) is 1. The van der Waals surface area contributed by atoms with Crippen LogP contribution < -0.4 is 10.2 Å². The first-order valence-corrected chi connectivity index (χ1v) is 10.4. The average Bonchev–Trinajstić information content (AvgIpc) is 3.17. The molecule has 0 aliphatic carbocycles. The summed E-state index contributed by atoms with van der Waals surface area (Å²) in [5.74, 6) is 0.0248. The van der Waals surface area contributed by atoms with Gasteiger partial charge in [-0.05, 0) is 68.3 Å². The highest BCUT2D eigenvalue weighted by molar-refractivity contribution is 5.92. The van der Waals surface area contributed by atoms with Gasteiger partial charge in [-0.2, -0.15) is 0 Å². The second-order valence-corrected chi connectivity index (χ2v) is 7.75. The first-order valence-electron chi connectivity index (χ1n) is 10.4. The number of hydrogen-bond acceptors (Lipinski definition) is 2. The van der Waals surface area contributed by atoms with E-state index in [1.165, 1.54) is 10.9 Å². The van der Waals surface area contributed by atoms with Crippen LogP contribution in [0.4, 0.5) is 17.1 Å². The molecule has 152 valence electrons. The van der Waals surface area contributed by atoms with Crippen molar-refractivity contribution in [3.8, 4) is 0 Å². The Balaban J connectivity index is 1.39. The van der Waals surface area contributed by atoms with E-state index in [1.807, 2.05) is 48.7 Å². The molecule has 0 saturated carbocycles. The summed E-state index contributed by atoms with van der Waals surface area (Å²) in [7, 11) is 0. The van der Waals surface area contributed by atoms with E-state index in [2.05, 4.69) is 65.4 Å². The van der Waals surface area contributed by atoms with Gasteiger partial charge >= 0.3 is 0 Å². The number of rotatable bonds is 7. The van der Waals surface area contributed by atoms with Gasteiger partial charge in [0.2, 0.25) is 5.91 Å². The van der Waals surface area contributed by atoms with Crippen molar-refractivity contribution < 1.29 is 4.79 Å². The highest BCUT2D eigenvalue weighted by atomic mass is 16.1. The molecule has 0 atom stereocenters. The summed E-state index contributed by atoms with van der Waals surface area (Å²) < 4.78 is 0. The minimum Gasteiger partial charge on any atom is -0.361 e. The number of aryl methyl sites for hydroxylation is 1. The van der Waals surface area contributed by atoms with Crippen molar-refractivity contribution in [2.75, 3.05) is 10.2 Å². The largest absolute Gasteiger partial charge is 0.361 e. The van der Waals surface area contributed by atoms with Gasteiger partial charge in [0.05, 0.1) is 0 Å². The third-order valence-electron chi connectivity index (χ3n) is 5.28. The van der Waals surface area contributed by atoms with Crippen molar-refractivity contribution in [3.63, 3.8) is 0 Å². The van der Waals surface area contributed by atoms with E-state index in [1.54, 1.807) is 0 Å². The van der Waals surface area contributed by atoms with Gasteiger partial charge in [-0.3, -0.25) is 4.79 Å². The maximum Gasteiger partial charge on any atom is 0.224 e. The Labute approximate surface area is 177 Å². The van der Waals surface area contributed by atoms with Crippen molar-refractivity contribution in [3.05, 3.63) is 90.6 Å². The summed E-state index contributed by atoms with van der Waals surface area (Å²) in [5, 5.41) is 4.20. The number of nitrogens with one attached hydrogen (secondary N) is 2. The number of hydrogen-bond donors (Lipinski definition) is 2. The molecule has 0 aliphatic rings. The van der Waals surface area contributed by atoms with Crippen LogP contribution in [0.5, 0.6) is 0 Å². The number of anilines is 3. The smallest absolute Gasteiger partial charge is 0.224 e. The average molecular weight is 398 g/mol. The Morgan fingerprint density at radius 1 is 0.900 bits per heavy atom. The van der Waals surface area contributed by atoms with Crippen molar-refractivity contribution in [1.82, 2.24) is 4.98 Å². The molecule has 30 heavy (non-hydrogen) atoms. The van der Waals surface area contributed by atoms with E-state index in [0.29, 0.717) is 18.9 Å². The third kappa shape index (κ3) is 4.38. The lowest BCUT2D eigenvalue weighted by atomic mass is 10.1. The second kappa shape index (κ2) is 8.87. The van der Waals surface area contributed by atoms with E-state index < -0.39 is 0 Å². The maximum absolute atomic E-state index is 12.5. The number of carbonyl (C=O) groups is 1. The Morgan fingerprint density at radius 2 is 1.57 bits per heavy atom. The summed E-state index contributed by atoms with van der Waals surface area (Å²) in [6.07, 6.45) is 3.16. The number of benzene rings is 3. The van der Waals surface area contributed by atoms with Gasteiger partial charge in [0, 0.05) is 46.6 Å². The standard InChI is InChI=1S/C26H27N3O/c1-19(2)29(22-8-4-3-5-9-22)23-15-13-21(14-16-23)28-26(30)17-12-20-18-27-25-11-7-6-10-24(20)25/h3-11,13-16,18-19,27H,12,17H2,1-2H3,(H,28,30). The minimum absolute atomic E-state index is 0.0248. The van der Waals surface area contributed by atoms with Gasteiger partial charge in [-0.15, -0.1) is 0 Å². The number of aromatic nitrogens is 1. The monoisotopic (exact) mass is 397 g/mol. The first kappa shape index (κ1) is 19.8. The van der Waals surface area contributed by atoms with Crippen LogP contribution in [0.1, 0.15) is 25.8 Å². The normalized spacial score (nSPS) is 11.0. The Kier molecular flexibility index (Phi) is 5.84. The highest BCUT2D eigenvalue weighted by Crippen LogP contribution is 2.28. The predicted octanol–water partition coefficient (Wildman–Crippen LogP) is 6.29. The summed E-state index contributed by atoms with van der Waals surface area (Å²) >= 11 is 0. The maximum atomic E-state index is 12.5. The quantitative estimate of drug-likeness (QED) is 0.385. The number of amides is 1. The Hall–Kier alpha value is -3.53. The molecule has 4 aromatic rings. The number of fused-ring (bicyclic) bond motifs is 1. The fraction of sp³-hybridized carbons (Fsp3) is 0.192. The zero-order valence-corrected chi connectivity index (χ0v) is 17.4. The predicted molar refractivity (Wildman–Crippen MR) is 125 cm³/mol. The molecule has 4 heteroatoms. The molecule has 0 unspecified atom stereocenters. The van der Waals surface area contributed by atoms with Gasteiger partial charge in [0.1, 0.15) is 0 Å². The number of H-pyrrole nitrogens is 1. The number of carbonyl (C=O) groups excluding carboxylic acids is 1. The van der Waals surface area contributed by atoms with Gasteiger partial charge in [0.25, 0.3) is 0 Å². The van der Waals surface area contributed by atoms with Crippen molar-refractivity contribution >= 4 is 33.9 Å². The van der Waals surface area contributed by atoms with Crippen LogP contribution in [0.3, 0.4) is 0 Å². The molecule has 4 nitrogen and oxygen atoms in total. The van der Waals surface area contributed by atoms with E-state index in [4.69, 9.17) is 0 Å². The Bertz CT molecular complexity index is 1110. The molecule has 0 spiro atoms. The van der Waals surface area contributed by atoms with Crippen molar-refractivity contribution in [2.24, 2.45) is 0 Å². The molecule has 1 heterocycles. The summed E-state index contributed by atoms with van der Waals surface area (Å²) in [5.41, 5.74) is 5.36. The van der Waals surface area contributed by atoms with Crippen LogP contribution >= 0.6 is 0 Å². The lowest BCUT2D eigenvalue weighted by molar-refractivity contribution is -0.116. The zero-order valence-electron chi connectivity index (χ0n) is 17.4. The van der Waals surface area contributed by atoms with Crippen LogP contribution in [-0.2, 0) is 11.2 Å². The topological polar surface area (TPSA) is 48.1 Å². The molecule has 0 saturated heterocycles. The fourth-order valence-electron chi connectivity index (χ4n) is 3.85. The molecule has 4 rings (SSSR count). The highest BCUT2D eigenvalue weighted by Gasteiger charge is 2.13. The molecule has 0 radical (unpaired) electrons. The van der Waals surface area contributed by atoms with Crippen LogP contribution in [0.15, 0.2) is 85.1 Å². The van der Waals surface area contributed by atoms with Gasteiger partial charge < -0.3 is 15.2 Å². The second-order valence-electron chi connectivity index (χ2n) is 7.75. The summed E-state index contributed by atoms with van der Waals surface area (Å²) in [6.45, 7) is 4.35. The number of aromatic amines is 1. The minimum atomic E-state index is 0.0248. The molecule has 0 fully saturated rings. The van der Waals surface area contributed by atoms with E-state index >= 15 is 0 Å². The molecule has 0 bridgehead atoms. The Morgan fingerprint density at radius 3 is 2.30 bits per heavy atom. The van der Waals surface area contributed by atoms with Gasteiger partial charge in [0.15, 0.2) is 0 Å². The fourth-order valence-corrected chi connectivity index (χ4v) is 3.85. The van der Waals surface area contributed by atoms with Crippen LogP contribution in [-0.4, -0.2) is 16.9 Å². The molecular formula is C26H27N3O. The number of para-hydroxylation sites is 2. The first-order chi connectivity index (χ1) is 14.6. The third-order valence-corrected chi connectivity index (χ3v) is 5.28. The molecule has 3 aromatic carbocycles. The zero-order chi connectivity index (χ0) is 20.9. The van der Waals surface area contributed by atoms with E-state index in [-0.39, 0.29) is 5.91 Å². The molecule has 1 amide bonds. The van der Waals surface area contributed by atoms with Crippen LogP contribution in [0.2, 0.25) is 0 Å². The SMILES string of the molecule is CC(C)N(c1ccccc1)c1ccc(NC(=O)CCc2c[nH]c3ccccc23)cc1. The molecule has 0 aliphatic heterocycles. The summed E-state index contributed by atoms with van der Waals surface area (Å²) in [4.78, 5) is 18.0. The van der Waals surface area contributed by atoms with E-state index in [0.717, 1.165) is 22.6 Å². The van der Waals surface area contributed by atoms with Gasteiger partial charge in [-0.1, -0.05) is 36.4 Å². The van der Waals surface area contributed by atoms with Crippen molar-refractivity contribution in [2.45, 2.75) is 32.7 Å². The van der Waals surface area contributed by atoms with Crippen LogP contribution in [0, 0.1) is 0 Å².